The van der Waals surface area contributed by atoms with Crippen molar-refractivity contribution in [2.75, 3.05) is 11.4 Å². The zero-order chi connectivity index (χ0) is 19.6. The molecule has 2 atom stereocenters. The molecule has 2 aromatic rings. The van der Waals surface area contributed by atoms with Gasteiger partial charge in [-0.25, -0.2) is 0 Å². The van der Waals surface area contributed by atoms with Gasteiger partial charge in [-0.3, -0.25) is 9.59 Å². The average Bonchev–Trinajstić information content (AvgIpc) is 3.01. The lowest BCUT2D eigenvalue weighted by Crippen LogP contribution is -2.43. The molecular formula is C20H19F3N2O2. The Morgan fingerprint density at radius 1 is 1.11 bits per heavy atom. The molecule has 7 heteroatoms. The maximum Gasteiger partial charge on any atom is 0.418 e. The van der Waals surface area contributed by atoms with Gasteiger partial charge >= 0.3 is 6.18 Å². The molecule has 0 aromatic heterocycles. The number of carbonyl (C=O) groups is 2. The number of nitrogens with one attached hydrogen (secondary N) is 1. The number of halogens is 3. The van der Waals surface area contributed by atoms with E-state index in [1.807, 2.05) is 30.3 Å². The molecule has 3 rings (SSSR count). The Hall–Kier alpha value is -2.83. The topological polar surface area (TPSA) is 49.4 Å². The molecule has 0 radical (unpaired) electrons. The first kappa shape index (κ1) is 18.9. The van der Waals surface area contributed by atoms with Gasteiger partial charge in [0, 0.05) is 6.54 Å². The summed E-state index contributed by atoms with van der Waals surface area (Å²) in [5, 5.41) is 2.67. The highest BCUT2D eigenvalue weighted by atomic mass is 19.4. The molecule has 2 amide bonds. The van der Waals surface area contributed by atoms with Crippen molar-refractivity contribution in [3.05, 3.63) is 65.7 Å². The van der Waals surface area contributed by atoms with Gasteiger partial charge < -0.3 is 10.2 Å². The van der Waals surface area contributed by atoms with Crippen molar-refractivity contribution in [3.8, 4) is 0 Å². The number of nitrogens with zero attached hydrogens (tertiary/aromatic N) is 1. The van der Waals surface area contributed by atoms with Crippen LogP contribution in [-0.4, -0.2) is 24.4 Å². The predicted octanol–water partition coefficient (Wildman–Crippen LogP) is 3.73. The van der Waals surface area contributed by atoms with Crippen LogP contribution in [0.4, 0.5) is 18.9 Å². The van der Waals surface area contributed by atoms with Crippen molar-refractivity contribution in [2.45, 2.75) is 31.5 Å². The molecule has 1 N–H and O–H groups in total. The number of alkyl halides is 3. The number of para-hydroxylation sites is 1. The highest BCUT2D eigenvalue weighted by Crippen LogP contribution is 2.37. The molecule has 1 heterocycles. The predicted molar refractivity (Wildman–Crippen MR) is 95.2 cm³/mol. The minimum absolute atomic E-state index is 0.122. The number of benzene rings is 2. The molecule has 0 spiro atoms. The van der Waals surface area contributed by atoms with Gasteiger partial charge in [-0.05, 0) is 31.0 Å². The maximum atomic E-state index is 13.2. The number of amides is 2. The molecule has 1 fully saturated rings. The molecule has 1 aliphatic heterocycles. The molecule has 1 aliphatic rings. The number of carbonyl (C=O) groups excluding carboxylic acids is 2. The standard InChI is InChI=1S/C20H19F3N2O2/c1-13(14-7-3-2-4-8-14)18(26)24-16-11-12-25(19(16)27)17-10-6-5-9-15(17)20(21,22)23/h2-10,13,16H,11-12H2,1H3,(H,24,26). The van der Waals surface area contributed by atoms with Crippen LogP contribution in [0.5, 0.6) is 0 Å². The quantitative estimate of drug-likeness (QED) is 0.884. The Bertz CT molecular complexity index is 837. The van der Waals surface area contributed by atoms with Crippen LogP contribution >= 0.6 is 0 Å². The minimum Gasteiger partial charge on any atom is -0.344 e. The first-order chi connectivity index (χ1) is 12.8. The van der Waals surface area contributed by atoms with Crippen LogP contribution in [0.1, 0.15) is 30.4 Å². The van der Waals surface area contributed by atoms with E-state index in [0.29, 0.717) is 0 Å². The highest BCUT2D eigenvalue weighted by Gasteiger charge is 2.40. The highest BCUT2D eigenvalue weighted by molar-refractivity contribution is 6.02. The monoisotopic (exact) mass is 376 g/mol. The van der Waals surface area contributed by atoms with Crippen molar-refractivity contribution in [2.24, 2.45) is 0 Å². The maximum absolute atomic E-state index is 13.2. The van der Waals surface area contributed by atoms with E-state index >= 15 is 0 Å². The summed E-state index contributed by atoms with van der Waals surface area (Å²) in [6.45, 7) is 1.84. The summed E-state index contributed by atoms with van der Waals surface area (Å²) in [5.74, 6) is -1.32. The van der Waals surface area contributed by atoms with E-state index in [-0.39, 0.29) is 24.6 Å². The summed E-state index contributed by atoms with van der Waals surface area (Å²) >= 11 is 0. The zero-order valence-corrected chi connectivity index (χ0v) is 14.7. The van der Waals surface area contributed by atoms with Crippen molar-refractivity contribution in [1.29, 1.82) is 0 Å². The lowest BCUT2D eigenvalue weighted by atomic mass is 10.00. The molecule has 0 saturated carbocycles. The van der Waals surface area contributed by atoms with E-state index in [1.165, 1.54) is 18.2 Å². The third-order valence-corrected chi connectivity index (χ3v) is 4.72. The molecule has 2 aromatic carbocycles. The fraction of sp³-hybridized carbons (Fsp3) is 0.300. The Kier molecular flexibility index (Phi) is 5.21. The molecule has 142 valence electrons. The van der Waals surface area contributed by atoms with E-state index < -0.39 is 29.6 Å². The van der Waals surface area contributed by atoms with Crippen molar-refractivity contribution in [3.63, 3.8) is 0 Å². The van der Waals surface area contributed by atoms with Gasteiger partial charge in [0.2, 0.25) is 11.8 Å². The molecule has 4 nitrogen and oxygen atoms in total. The number of anilines is 1. The normalized spacial score (nSPS) is 18.4. The Morgan fingerprint density at radius 2 is 1.74 bits per heavy atom. The summed E-state index contributed by atoms with van der Waals surface area (Å²) in [5.41, 5.74) is -0.231. The largest absolute Gasteiger partial charge is 0.418 e. The van der Waals surface area contributed by atoms with Crippen molar-refractivity contribution >= 4 is 17.5 Å². The van der Waals surface area contributed by atoms with Crippen LogP contribution in [0.2, 0.25) is 0 Å². The fourth-order valence-electron chi connectivity index (χ4n) is 3.19. The number of rotatable bonds is 4. The van der Waals surface area contributed by atoms with Crippen molar-refractivity contribution < 1.29 is 22.8 Å². The summed E-state index contributed by atoms with van der Waals surface area (Å²) in [6, 6.07) is 13.2. The van der Waals surface area contributed by atoms with E-state index in [1.54, 1.807) is 6.92 Å². The van der Waals surface area contributed by atoms with Gasteiger partial charge in [0.1, 0.15) is 6.04 Å². The second-order valence-corrected chi connectivity index (χ2v) is 6.49. The smallest absolute Gasteiger partial charge is 0.344 e. The third kappa shape index (κ3) is 3.97. The van der Waals surface area contributed by atoms with Crippen LogP contribution in [0.25, 0.3) is 0 Å². The first-order valence-corrected chi connectivity index (χ1v) is 8.62. The minimum atomic E-state index is -4.56. The lowest BCUT2D eigenvalue weighted by molar-refractivity contribution is -0.137. The van der Waals surface area contributed by atoms with Crippen LogP contribution in [0.3, 0.4) is 0 Å². The van der Waals surface area contributed by atoms with Crippen LogP contribution in [-0.2, 0) is 15.8 Å². The van der Waals surface area contributed by atoms with Gasteiger partial charge in [-0.15, -0.1) is 0 Å². The second kappa shape index (κ2) is 7.42. The first-order valence-electron chi connectivity index (χ1n) is 8.62. The molecular weight excluding hydrogens is 357 g/mol. The molecule has 0 bridgehead atoms. The SMILES string of the molecule is CC(C(=O)NC1CCN(c2ccccc2C(F)(F)F)C1=O)c1ccccc1. The van der Waals surface area contributed by atoms with E-state index in [9.17, 15) is 22.8 Å². The average molecular weight is 376 g/mol. The fourth-order valence-corrected chi connectivity index (χ4v) is 3.19. The number of hydrogen-bond acceptors (Lipinski definition) is 2. The van der Waals surface area contributed by atoms with Gasteiger partial charge in [0.05, 0.1) is 17.2 Å². The van der Waals surface area contributed by atoms with E-state index in [4.69, 9.17) is 0 Å². The summed E-state index contributed by atoms with van der Waals surface area (Å²) in [6.07, 6.45) is -4.29. The summed E-state index contributed by atoms with van der Waals surface area (Å²) < 4.78 is 39.7. The summed E-state index contributed by atoms with van der Waals surface area (Å²) in [4.78, 5) is 26.2. The Balaban J connectivity index is 1.74. The number of hydrogen-bond donors (Lipinski definition) is 1. The second-order valence-electron chi connectivity index (χ2n) is 6.49. The van der Waals surface area contributed by atoms with Crippen LogP contribution < -0.4 is 10.2 Å². The van der Waals surface area contributed by atoms with Crippen LogP contribution in [0.15, 0.2) is 54.6 Å². The molecule has 2 unspecified atom stereocenters. The zero-order valence-electron chi connectivity index (χ0n) is 14.7. The van der Waals surface area contributed by atoms with Crippen molar-refractivity contribution in [1.82, 2.24) is 5.32 Å². The summed E-state index contributed by atoms with van der Waals surface area (Å²) in [7, 11) is 0. The third-order valence-electron chi connectivity index (χ3n) is 4.72. The lowest BCUT2D eigenvalue weighted by Gasteiger charge is -2.22. The van der Waals surface area contributed by atoms with Gasteiger partial charge in [-0.2, -0.15) is 13.2 Å². The Morgan fingerprint density at radius 3 is 2.41 bits per heavy atom. The van der Waals surface area contributed by atoms with Crippen LogP contribution in [0, 0.1) is 0 Å². The molecule has 27 heavy (non-hydrogen) atoms. The van der Waals surface area contributed by atoms with Gasteiger partial charge in [-0.1, -0.05) is 42.5 Å². The van der Waals surface area contributed by atoms with Gasteiger partial charge in [0.15, 0.2) is 0 Å². The molecule has 1 saturated heterocycles. The van der Waals surface area contributed by atoms with E-state index in [0.717, 1.165) is 16.5 Å². The van der Waals surface area contributed by atoms with E-state index in [2.05, 4.69) is 5.32 Å². The molecule has 0 aliphatic carbocycles. The Labute approximate surface area is 155 Å². The van der Waals surface area contributed by atoms with Gasteiger partial charge in [0.25, 0.3) is 0 Å².